The summed E-state index contributed by atoms with van der Waals surface area (Å²) in [4.78, 5) is 10.8. The highest BCUT2D eigenvalue weighted by molar-refractivity contribution is 5.87. The Morgan fingerprint density at radius 1 is 1.46 bits per heavy atom. The van der Waals surface area contributed by atoms with Crippen molar-refractivity contribution in [2.45, 2.75) is 46.5 Å². The first-order valence-electron chi connectivity index (χ1n) is 5.06. The predicted octanol–water partition coefficient (Wildman–Crippen LogP) is 3.23. The standard InChI is InChI=1S/C11H20O2/c1-4-6-7-8-10(11(12)13)9(3)5-2/h8-9H,4-7H2,1-3H3,(H,12,13)/b10-8+. The zero-order valence-corrected chi connectivity index (χ0v) is 8.84. The lowest BCUT2D eigenvalue weighted by atomic mass is 9.97. The average molecular weight is 184 g/mol. The van der Waals surface area contributed by atoms with Crippen LogP contribution in [0.3, 0.4) is 0 Å². The van der Waals surface area contributed by atoms with Gasteiger partial charge >= 0.3 is 5.97 Å². The Bertz CT molecular complexity index is 183. The number of carboxylic acid groups (broad SMARTS) is 1. The first kappa shape index (κ1) is 12.2. The highest BCUT2D eigenvalue weighted by atomic mass is 16.4. The maximum atomic E-state index is 10.8. The molecule has 1 N–H and O–H groups in total. The molecule has 0 heterocycles. The van der Waals surface area contributed by atoms with E-state index in [0.29, 0.717) is 5.57 Å². The lowest BCUT2D eigenvalue weighted by Crippen LogP contribution is -2.09. The number of hydrogen-bond acceptors (Lipinski definition) is 1. The maximum Gasteiger partial charge on any atom is 0.331 e. The van der Waals surface area contributed by atoms with Crippen molar-refractivity contribution in [3.63, 3.8) is 0 Å². The molecule has 0 saturated heterocycles. The minimum absolute atomic E-state index is 0.175. The van der Waals surface area contributed by atoms with Gasteiger partial charge in [0.05, 0.1) is 0 Å². The summed E-state index contributed by atoms with van der Waals surface area (Å²) < 4.78 is 0. The van der Waals surface area contributed by atoms with Crippen LogP contribution in [-0.4, -0.2) is 11.1 Å². The molecule has 0 aromatic rings. The Morgan fingerprint density at radius 3 is 2.46 bits per heavy atom. The number of rotatable bonds is 6. The summed E-state index contributed by atoms with van der Waals surface area (Å²) in [5, 5.41) is 8.91. The topological polar surface area (TPSA) is 37.3 Å². The van der Waals surface area contributed by atoms with Crippen LogP contribution in [0.15, 0.2) is 11.6 Å². The molecular formula is C11H20O2. The second-order valence-electron chi connectivity index (χ2n) is 3.42. The van der Waals surface area contributed by atoms with E-state index < -0.39 is 5.97 Å². The van der Waals surface area contributed by atoms with Crippen LogP contribution >= 0.6 is 0 Å². The molecule has 1 unspecified atom stereocenters. The number of carbonyl (C=O) groups is 1. The summed E-state index contributed by atoms with van der Waals surface area (Å²) in [6.07, 6.45) is 5.85. The summed E-state index contributed by atoms with van der Waals surface area (Å²) in [6.45, 7) is 6.09. The zero-order valence-electron chi connectivity index (χ0n) is 8.84. The van der Waals surface area contributed by atoms with Crippen molar-refractivity contribution in [3.8, 4) is 0 Å². The molecule has 0 aromatic heterocycles. The van der Waals surface area contributed by atoms with E-state index in [1.165, 1.54) is 0 Å². The van der Waals surface area contributed by atoms with Gasteiger partial charge in [-0.25, -0.2) is 4.79 Å². The first-order valence-corrected chi connectivity index (χ1v) is 5.06. The number of aliphatic carboxylic acids is 1. The smallest absolute Gasteiger partial charge is 0.331 e. The van der Waals surface area contributed by atoms with Crippen molar-refractivity contribution >= 4 is 5.97 Å². The van der Waals surface area contributed by atoms with E-state index in [1.54, 1.807) is 0 Å². The van der Waals surface area contributed by atoms with Gasteiger partial charge in [0.1, 0.15) is 0 Å². The summed E-state index contributed by atoms with van der Waals surface area (Å²) in [5.41, 5.74) is 0.580. The monoisotopic (exact) mass is 184 g/mol. The van der Waals surface area contributed by atoms with Gasteiger partial charge in [0, 0.05) is 5.57 Å². The molecular weight excluding hydrogens is 164 g/mol. The Hall–Kier alpha value is -0.790. The molecule has 0 radical (unpaired) electrons. The van der Waals surface area contributed by atoms with Gasteiger partial charge in [0.25, 0.3) is 0 Å². The van der Waals surface area contributed by atoms with Crippen LogP contribution in [0.5, 0.6) is 0 Å². The van der Waals surface area contributed by atoms with Crippen LogP contribution < -0.4 is 0 Å². The molecule has 76 valence electrons. The molecule has 1 atom stereocenters. The molecule has 2 nitrogen and oxygen atoms in total. The van der Waals surface area contributed by atoms with Gasteiger partial charge in [0.2, 0.25) is 0 Å². The lowest BCUT2D eigenvalue weighted by Gasteiger charge is -2.09. The molecule has 13 heavy (non-hydrogen) atoms. The molecule has 0 spiro atoms. The third-order valence-corrected chi connectivity index (χ3v) is 2.31. The van der Waals surface area contributed by atoms with E-state index in [0.717, 1.165) is 25.7 Å². The van der Waals surface area contributed by atoms with Crippen LogP contribution in [0.25, 0.3) is 0 Å². The fraction of sp³-hybridized carbons (Fsp3) is 0.727. The van der Waals surface area contributed by atoms with Crippen molar-refractivity contribution in [2.75, 3.05) is 0 Å². The summed E-state index contributed by atoms with van der Waals surface area (Å²) in [7, 11) is 0. The maximum absolute atomic E-state index is 10.8. The van der Waals surface area contributed by atoms with Crippen molar-refractivity contribution in [3.05, 3.63) is 11.6 Å². The van der Waals surface area contributed by atoms with Crippen LogP contribution in [0, 0.1) is 5.92 Å². The number of hydrogen-bond donors (Lipinski definition) is 1. The molecule has 2 heteroatoms. The van der Waals surface area contributed by atoms with E-state index in [1.807, 2.05) is 19.9 Å². The Kier molecular flexibility index (Phi) is 6.29. The molecule has 0 bridgehead atoms. The van der Waals surface area contributed by atoms with E-state index in [9.17, 15) is 4.79 Å². The summed E-state index contributed by atoms with van der Waals surface area (Å²) >= 11 is 0. The Balaban J connectivity index is 4.23. The Labute approximate surface area is 80.7 Å². The third-order valence-electron chi connectivity index (χ3n) is 2.31. The van der Waals surface area contributed by atoms with Gasteiger partial charge in [-0.1, -0.05) is 39.7 Å². The molecule has 0 aliphatic heterocycles. The van der Waals surface area contributed by atoms with Gasteiger partial charge in [-0.3, -0.25) is 0 Å². The first-order chi connectivity index (χ1) is 6.13. The van der Waals surface area contributed by atoms with Gasteiger partial charge in [-0.05, 0) is 18.8 Å². The fourth-order valence-electron chi connectivity index (χ4n) is 1.18. The van der Waals surface area contributed by atoms with Gasteiger partial charge in [-0.15, -0.1) is 0 Å². The van der Waals surface area contributed by atoms with Crippen molar-refractivity contribution < 1.29 is 9.90 Å². The van der Waals surface area contributed by atoms with Crippen molar-refractivity contribution in [2.24, 2.45) is 5.92 Å². The lowest BCUT2D eigenvalue weighted by molar-refractivity contribution is -0.133. The third kappa shape index (κ3) is 4.71. The average Bonchev–Trinajstić information content (AvgIpc) is 2.11. The summed E-state index contributed by atoms with van der Waals surface area (Å²) in [5.74, 6) is -0.584. The van der Waals surface area contributed by atoms with E-state index in [-0.39, 0.29) is 5.92 Å². The largest absolute Gasteiger partial charge is 0.478 e. The molecule has 0 rings (SSSR count). The van der Waals surface area contributed by atoms with E-state index >= 15 is 0 Å². The number of carboxylic acids is 1. The highest BCUT2D eigenvalue weighted by Gasteiger charge is 2.13. The molecule has 0 aliphatic rings. The molecule has 0 amide bonds. The minimum atomic E-state index is -0.759. The van der Waals surface area contributed by atoms with Crippen molar-refractivity contribution in [1.82, 2.24) is 0 Å². The van der Waals surface area contributed by atoms with Gasteiger partial charge in [-0.2, -0.15) is 0 Å². The molecule has 0 fully saturated rings. The molecule has 0 aromatic carbocycles. The highest BCUT2D eigenvalue weighted by Crippen LogP contribution is 2.15. The normalized spacial score (nSPS) is 14.2. The Morgan fingerprint density at radius 2 is 2.08 bits per heavy atom. The van der Waals surface area contributed by atoms with Gasteiger partial charge in [0.15, 0.2) is 0 Å². The van der Waals surface area contributed by atoms with Crippen LogP contribution in [0.1, 0.15) is 46.5 Å². The zero-order chi connectivity index (χ0) is 10.3. The molecule has 0 saturated carbocycles. The fourth-order valence-corrected chi connectivity index (χ4v) is 1.18. The van der Waals surface area contributed by atoms with Crippen LogP contribution in [0.2, 0.25) is 0 Å². The van der Waals surface area contributed by atoms with Crippen LogP contribution in [0.4, 0.5) is 0 Å². The van der Waals surface area contributed by atoms with E-state index in [2.05, 4.69) is 6.92 Å². The van der Waals surface area contributed by atoms with Gasteiger partial charge < -0.3 is 5.11 Å². The number of unbranched alkanes of at least 4 members (excludes halogenated alkanes) is 2. The number of allylic oxidation sites excluding steroid dienone is 1. The second kappa shape index (κ2) is 6.70. The van der Waals surface area contributed by atoms with E-state index in [4.69, 9.17) is 5.11 Å². The molecule has 0 aliphatic carbocycles. The minimum Gasteiger partial charge on any atom is -0.478 e. The van der Waals surface area contributed by atoms with Crippen LogP contribution in [-0.2, 0) is 4.79 Å². The SMILES string of the molecule is CCCC/C=C(/C(=O)O)C(C)CC. The predicted molar refractivity (Wildman–Crippen MR) is 54.7 cm³/mol. The second-order valence-corrected chi connectivity index (χ2v) is 3.42. The quantitative estimate of drug-likeness (QED) is 0.508. The summed E-state index contributed by atoms with van der Waals surface area (Å²) in [6, 6.07) is 0. The van der Waals surface area contributed by atoms with Crippen molar-refractivity contribution in [1.29, 1.82) is 0 Å².